The zero-order chi connectivity index (χ0) is 12.0. The van der Waals surface area contributed by atoms with E-state index in [1.807, 2.05) is 13.8 Å². The van der Waals surface area contributed by atoms with Gasteiger partial charge in [-0.1, -0.05) is 6.92 Å². The molecule has 1 aromatic heterocycles. The van der Waals surface area contributed by atoms with E-state index in [-0.39, 0.29) is 11.9 Å². The second-order valence-electron chi connectivity index (χ2n) is 3.95. The fourth-order valence-corrected chi connectivity index (χ4v) is 1.31. The third kappa shape index (κ3) is 3.53. The lowest BCUT2D eigenvalue weighted by atomic mass is 10.2. The summed E-state index contributed by atoms with van der Waals surface area (Å²) in [5.41, 5.74) is 0.602. The lowest BCUT2D eigenvalue weighted by Crippen LogP contribution is -2.30. The summed E-state index contributed by atoms with van der Waals surface area (Å²) < 4.78 is 0. The summed E-state index contributed by atoms with van der Waals surface area (Å²) in [6.45, 7) is 6.77. The summed E-state index contributed by atoms with van der Waals surface area (Å²) >= 11 is 0. The lowest BCUT2D eigenvalue weighted by molar-refractivity contribution is 0.0943. The molecule has 0 atom stereocenters. The maximum absolute atomic E-state index is 11.8. The van der Waals surface area contributed by atoms with Gasteiger partial charge < -0.3 is 10.6 Å². The predicted octanol–water partition coefficient (Wildman–Crippen LogP) is 2.04. The zero-order valence-electron chi connectivity index (χ0n) is 10.1. The average Bonchev–Trinajstić information content (AvgIpc) is 2.25. The van der Waals surface area contributed by atoms with Crippen LogP contribution in [-0.2, 0) is 0 Å². The van der Waals surface area contributed by atoms with Gasteiger partial charge in [-0.2, -0.15) is 0 Å². The highest BCUT2D eigenvalue weighted by atomic mass is 16.1. The molecule has 0 fully saturated rings. The van der Waals surface area contributed by atoms with Crippen molar-refractivity contribution in [3.05, 3.63) is 23.9 Å². The number of carbonyl (C=O) groups is 1. The molecule has 16 heavy (non-hydrogen) atoms. The second kappa shape index (κ2) is 6.10. The lowest BCUT2D eigenvalue weighted by Gasteiger charge is -2.12. The van der Waals surface area contributed by atoms with Gasteiger partial charge in [-0.3, -0.25) is 4.79 Å². The highest BCUT2D eigenvalue weighted by Crippen LogP contribution is 2.11. The van der Waals surface area contributed by atoms with Crippen LogP contribution in [0.25, 0.3) is 0 Å². The molecule has 0 bridgehead atoms. The molecule has 0 unspecified atom stereocenters. The van der Waals surface area contributed by atoms with Crippen molar-refractivity contribution in [1.82, 2.24) is 10.3 Å². The fraction of sp³-hybridized carbons (Fsp3) is 0.500. The van der Waals surface area contributed by atoms with Crippen molar-refractivity contribution < 1.29 is 4.79 Å². The van der Waals surface area contributed by atoms with Gasteiger partial charge in [-0.15, -0.1) is 0 Å². The zero-order valence-corrected chi connectivity index (χ0v) is 10.1. The molecule has 2 N–H and O–H groups in total. The van der Waals surface area contributed by atoms with Gasteiger partial charge in [-0.25, -0.2) is 4.98 Å². The minimum atomic E-state index is -0.0818. The van der Waals surface area contributed by atoms with Crippen LogP contribution in [0.2, 0.25) is 0 Å². The molecule has 1 heterocycles. The van der Waals surface area contributed by atoms with Crippen LogP contribution in [0.3, 0.4) is 0 Å². The van der Waals surface area contributed by atoms with Gasteiger partial charge in [0.25, 0.3) is 5.91 Å². The molecule has 1 rings (SSSR count). The molecule has 0 aliphatic rings. The van der Waals surface area contributed by atoms with E-state index >= 15 is 0 Å². The molecule has 0 aliphatic heterocycles. The molecule has 0 saturated heterocycles. The van der Waals surface area contributed by atoms with E-state index < -0.39 is 0 Å². The summed E-state index contributed by atoms with van der Waals surface area (Å²) in [5, 5.41) is 6.00. The maximum atomic E-state index is 11.8. The number of nitrogens with zero attached hydrogens (tertiary/aromatic N) is 1. The Morgan fingerprint density at radius 3 is 2.88 bits per heavy atom. The van der Waals surface area contributed by atoms with Gasteiger partial charge >= 0.3 is 0 Å². The molecule has 0 aliphatic carbocycles. The molecule has 4 nitrogen and oxygen atoms in total. The first-order valence-corrected chi connectivity index (χ1v) is 5.65. The highest BCUT2D eigenvalue weighted by Gasteiger charge is 2.12. The standard InChI is InChI=1S/C12H19N3O/c1-4-7-13-11-10(6-5-8-14-11)12(16)15-9(2)3/h5-6,8-9H,4,7H2,1-3H3,(H,13,14)(H,15,16). The van der Waals surface area contributed by atoms with Crippen LogP contribution in [0, 0.1) is 0 Å². The smallest absolute Gasteiger partial charge is 0.255 e. The Labute approximate surface area is 96.5 Å². The first kappa shape index (κ1) is 12.5. The molecule has 0 aromatic carbocycles. The first-order chi connectivity index (χ1) is 7.65. The van der Waals surface area contributed by atoms with Crippen LogP contribution in [0.5, 0.6) is 0 Å². The number of amides is 1. The summed E-state index contributed by atoms with van der Waals surface area (Å²) in [7, 11) is 0. The average molecular weight is 221 g/mol. The molecule has 1 aromatic rings. The van der Waals surface area contributed by atoms with E-state index in [1.54, 1.807) is 18.3 Å². The van der Waals surface area contributed by atoms with Gasteiger partial charge in [0.1, 0.15) is 5.82 Å². The monoisotopic (exact) mass is 221 g/mol. The predicted molar refractivity (Wildman–Crippen MR) is 65.6 cm³/mol. The topological polar surface area (TPSA) is 54.0 Å². The third-order valence-corrected chi connectivity index (χ3v) is 2.01. The van der Waals surface area contributed by atoms with Crippen molar-refractivity contribution in [2.24, 2.45) is 0 Å². The van der Waals surface area contributed by atoms with Crippen molar-refractivity contribution in [3.63, 3.8) is 0 Å². The van der Waals surface area contributed by atoms with Crippen LogP contribution >= 0.6 is 0 Å². The van der Waals surface area contributed by atoms with Crippen molar-refractivity contribution in [3.8, 4) is 0 Å². The Hall–Kier alpha value is -1.58. The molecule has 0 radical (unpaired) electrons. The van der Waals surface area contributed by atoms with Crippen LogP contribution in [0.15, 0.2) is 18.3 Å². The minimum Gasteiger partial charge on any atom is -0.369 e. The van der Waals surface area contributed by atoms with Gasteiger partial charge in [0.15, 0.2) is 0 Å². The summed E-state index contributed by atoms with van der Waals surface area (Å²) in [6.07, 6.45) is 2.69. The van der Waals surface area contributed by atoms with Crippen molar-refractivity contribution >= 4 is 11.7 Å². The van der Waals surface area contributed by atoms with Crippen LogP contribution in [-0.4, -0.2) is 23.5 Å². The molecular weight excluding hydrogens is 202 g/mol. The number of anilines is 1. The van der Waals surface area contributed by atoms with Crippen molar-refractivity contribution in [1.29, 1.82) is 0 Å². The normalized spacial score (nSPS) is 10.2. The van der Waals surface area contributed by atoms with Crippen LogP contribution < -0.4 is 10.6 Å². The third-order valence-electron chi connectivity index (χ3n) is 2.01. The van der Waals surface area contributed by atoms with E-state index in [0.717, 1.165) is 13.0 Å². The Morgan fingerprint density at radius 1 is 1.50 bits per heavy atom. The SMILES string of the molecule is CCCNc1ncccc1C(=O)NC(C)C. The molecule has 4 heteroatoms. The number of pyridine rings is 1. The minimum absolute atomic E-state index is 0.0818. The molecule has 0 spiro atoms. The van der Waals surface area contributed by atoms with Crippen molar-refractivity contribution in [2.75, 3.05) is 11.9 Å². The van der Waals surface area contributed by atoms with Gasteiger partial charge in [0.2, 0.25) is 0 Å². The summed E-state index contributed by atoms with van der Waals surface area (Å²) in [5.74, 6) is 0.573. The summed E-state index contributed by atoms with van der Waals surface area (Å²) in [4.78, 5) is 16.0. The second-order valence-corrected chi connectivity index (χ2v) is 3.95. The largest absolute Gasteiger partial charge is 0.369 e. The Kier molecular flexibility index (Phi) is 4.76. The molecule has 88 valence electrons. The Morgan fingerprint density at radius 2 is 2.25 bits per heavy atom. The van der Waals surface area contributed by atoms with Gasteiger partial charge in [-0.05, 0) is 32.4 Å². The summed E-state index contributed by atoms with van der Waals surface area (Å²) in [6, 6.07) is 3.68. The van der Waals surface area contributed by atoms with Crippen molar-refractivity contribution in [2.45, 2.75) is 33.2 Å². The van der Waals surface area contributed by atoms with E-state index in [2.05, 4.69) is 22.5 Å². The van der Waals surface area contributed by atoms with Gasteiger partial charge in [0.05, 0.1) is 5.56 Å². The number of rotatable bonds is 5. The van der Waals surface area contributed by atoms with E-state index in [1.165, 1.54) is 0 Å². The Bertz CT molecular complexity index is 350. The molecular formula is C12H19N3O. The number of carbonyl (C=O) groups excluding carboxylic acids is 1. The fourth-order valence-electron chi connectivity index (χ4n) is 1.31. The Balaban J connectivity index is 2.81. The number of hydrogen-bond acceptors (Lipinski definition) is 3. The first-order valence-electron chi connectivity index (χ1n) is 5.65. The molecule has 1 amide bonds. The molecule has 0 saturated carbocycles. The number of hydrogen-bond donors (Lipinski definition) is 2. The van der Waals surface area contributed by atoms with Crippen LogP contribution in [0.1, 0.15) is 37.6 Å². The number of aromatic nitrogens is 1. The highest BCUT2D eigenvalue weighted by molar-refractivity contribution is 5.98. The quantitative estimate of drug-likeness (QED) is 0.800. The van der Waals surface area contributed by atoms with Gasteiger partial charge in [0, 0.05) is 18.8 Å². The number of nitrogens with one attached hydrogen (secondary N) is 2. The van der Waals surface area contributed by atoms with E-state index in [0.29, 0.717) is 11.4 Å². The van der Waals surface area contributed by atoms with Crippen LogP contribution in [0.4, 0.5) is 5.82 Å². The van der Waals surface area contributed by atoms with E-state index in [4.69, 9.17) is 0 Å². The van der Waals surface area contributed by atoms with E-state index in [9.17, 15) is 4.79 Å². The maximum Gasteiger partial charge on any atom is 0.255 e.